The van der Waals surface area contributed by atoms with E-state index in [-0.39, 0.29) is 17.6 Å². The lowest BCUT2D eigenvalue weighted by Gasteiger charge is -2.10. The highest BCUT2D eigenvalue weighted by Gasteiger charge is 2.31. The molecule has 5 nitrogen and oxygen atoms in total. The summed E-state index contributed by atoms with van der Waals surface area (Å²) in [4.78, 5) is 7.73. The molecule has 0 unspecified atom stereocenters. The van der Waals surface area contributed by atoms with Crippen LogP contribution in [0.25, 0.3) is 11.3 Å². The first-order valence-corrected chi connectivity index (χ1v) is 5.42. The van der Waals surface area contributed by atoms with Gasteiger partial charge in [0.1, 0.15) is 5.75 Å². The number of anilines is 1. The largest absolute Gasteiger partial charge is 0.573 e. The number of hydrogen-bond donors (Lipinski definition) is 1. The lowest BCUT2D eigenvalue weighted by Crippen LogP contribution is -2.17. The van der Waals surface area contributed by atoms with E-state index in [0.717, 1.165) is 0 Å². The first kappa shape index (κ1) is 13.9. The van der Waals surface area contributed by atoms with Gasteiger partial charge in [0.15, 0.2) is 0 Å². The summed E-state index contributed by atoms with van der Waals surface area (Å²) in [5.74, 6) is -0.165. The highest BCUT2D eigenvalue weighted by atomic mass is 19.4. The number of hydrogen-bond acceptors (Lipinski definition) is 5. The molecule has 0 saturated heterocycles. The van der Waals surface area contributed by atoms with Crippen LogP contribution < -0.4 is 15.2 Å². The van der Waals surface area contributed by atoms with Gasteiger partial charge in [-0.05, 0) is 12.1 Å². The first-order chi connectivity index (χ1) is 9.37. The molecule has 0 radical (unpaired) electrons. The Morgan fingerprint density at radius 3 is 2.55 bits per heavy atom. The van der Waals surface area contributed by atoms with Crippen LogP contribution in [0, 0.1) is 0 Å². The molecule has 0 atom stereocenters. The third-order valence-electron chi connectivity index (χ3n) is 2.29. The van der Waals surface area contributed by atoms with Gasteiger partial charge in [-0.15, -0.1) is 13.2 Å². The van der Waals surface area contributed by atoms with Crippen molar-refractivity contribution < 1.29 is 22.6 Å². The van der Waals surface area contributed by atoms with Crippen LogP contribution in [-0.2, 0) is 0 Å². The van der Waals surface area contributed by atoms with Crippen LogP contribution >= 0.6 is 0 Å². The standard InChI is InChI=1S/C12H10F3N3O2/c1-19-10-6-9(17-11(16)18-10)7-3-2-4-8(5-7)20-12(13,14)15/h2-6H,1H3,(H2,16,17,18). The van der Waals surface area contributed by atoms with Crippen LogP contribution in [0.2, 0.25) is 0 Å². The molecule has 2 rings (SSSR count). The summed E-state index contributed by atoms with van der Waals surface area (Å²) in [6.45, 7) is 0. The monoisotopic (exact) mass is 285 g/mol. The maximum atomic E-state index is 12.2. The highest BCUT2D eigenvalue weighted by Crippen LogP contribution is 2.28. The number of aromatic nitrogens is 2. The second-order valence-corrected chi connectivity index (χ2v) is 3.73. The van der Waals surface area contributed by atoms with Crippen molar-refractivity contribution >= 4 is 5.95 Å². The molecule has 0 aliphatic carbocycles. The molecule has 20 heavy (non-hydrogen) atoms. The van der Waals surface area contributed by atoms with E-state index in [2.05, 4.69) is 14.7 Å². The average molecular weight is 285 g/mol. The summed E-state index contributed by atoms with van der Waals surface area (Å²) >= 11 is 0. The molecule has 1 heterocycles. The Morgan fingerprint density at radius 2 is 1.90 bits per heavy atom. The lowest BCUT2D eigenvalue weighted by atomic mass is 10.1. The van der Waals surface area contributed by atoms with Crippen LogP contribution in [-0.4, -0.2) is 23.4 Å². The maximum absolute atomic E-state index is 12.2. The normalized spacial score (nSPS) is 11.2. The molecule has 0 amide bonds. The molecule has 106 valence electrons. The second-order valence-electron chi connectivity index (χ2n) is 3.73. The third-order valence-corrected chi connectivity index (χ3v) is 2.29. The molecule has 0 spiro atoms. The fourth-order valence-electron chi connectivity index (χ4n) is 1.55. The van der Waals surface area contributed by atoms with Gasteiger partial charge in [0, 0.05) is 11.6 Å². The Morgan fingerprint density at radius 1 is 1.15 bits per heavy atom. The highest BCUT2D eigenvalue weighted by molar-refractivity contribution is 5.63. The summed E-state index contributed by atoms with van der Waals surface area (Å²) in [5.41, 5.74) is 6.24. The van der Waals surface area contributed by atoms with Gasteiger partial charge in [0.05, 0.1) is 12.8 Å². The number of methoxy groups -OCH3 is 1. The zero-order valence-corrected chi connectivity index (χ0v) is 10.3. The van der Waals surface area contributed by atoms with Gasteiger partial charge in [0.2, 0.25) is 11.8 Å². The summed E-state index contributed by atoms with van der Waals surface area (Å²) in [7, 11) is 1.40. The number of nitrogen functional groups attached to an aromatic ring is 1. The van der Waals surface area contributed by atoms with Gasteiger partial charge >= 0.3 is 6.36 Å². The Bertz CT molecular complexity index is 617. The van der Waals surface area contributed by atoms with E-state index in [4.69, 9.17) is 10.5 Å². The van der Waals surface area contributed by atoms with Crippen LogP contribution in [0.5, 0.6) is 11.6 Å². The van der Waals surface area contributed by atoms with Crippen LogP contribution in [0.1, 0.15) is 0 Å². The SMILES string of the molecule is COc1cc(-c2cccc(OC(F)(F)F)c2)nc(N)n1. The summed E-state index contributed by atoms with van der Waals surface area (Å²) in [6.07, 6.45) is -4.75. The summed E-state index contributed by atoms with van der Waals surface area (Å²) in [5, 5.41) is 0. The molecule has 8 heteroatoms. The zero-order chi connectivity index (χ0) is 14.8. The molecule has 2 aromatic rings. The Labute approximate surface area is 112 Å². The van der Waals surface area contributed by atoms with Crippen molar-refractivity contribution in [1.82, 2.24) is 9.97 Å². The number of ether oxygens (including phenoxy) is 2. The summed E-state index contributed by atoms with van der Waals surface area (Å²) in [6, 6.07) is 6.85. The van der Waals surface area contributed by atoms with Crippen molar-refractivity contribution in [2.24, 2.45) is 0 Å². The Kier molecular flexibility index (Phi) is 3.64. The van der Waals surface area contributed by atoms with Crippen LogP contribution in [0.4, 0.5) is 19.1 Å². The quantitative estimate of drug-likeness (QED) is 0.938. The molecule has 0 fully saturated rings. The second kappa shape index (κ2) is 5.24. The molecule has 2 N–H and O–H groups in total. The molecule has 0 bridgehead atoms. The fraction of sp³-hybridized carbons (Fsp3) is 0.167. The molecule has 0 aliphatic heterocycles. The minimum Gasteiger partial charge on any atom is -0.481 e. The number of nitrogens with two attached hydrogens (primary N) is 1. The van der Waals surface area contributed by atoms with Crippen molar-refractivity contribution in [3.63, 3.8) is 0 Å². The smallest absolute Gasteiger partial charge is 0.481 e. The Balaban J connectivity index is 2.38. The average Bonchev–Trinajstić information content (AvgIpc) is 2.36. The first-order valence-electron chi connectivity index (χ1n) is 5.42. The van der Waals surface area contributed by atoms with E-state index >= 15 is 0 Å². The topological polar surface area (TPSA) is 70.3 Å². The molecule has 1 aromatic carbocycles. The van der Waals surface area contributed by atoms with Gasteiger partial charge in [-0.2, -0.15) is 4.98 Å². The van der Waals surface area contributed by atoms with E-state index in [1.165, 1.54) is 31.4 Å². The lowest BCUT2D eigenvalue weighted by molar-refractivity contribution is -0.274. The van der Waals surface area contributed by atoms with E-state index in [9.17, 15) is 13.2 Å². The minimum atomic E-state index is -4.75. The number of rotatable bonds is 3. The van der Waals surface area contributed by atoms with Gasteiger partial charge < -0.3 is 15.2 Å². The van der Waals surface area contributed by atoms with E-state index in [0.29, 0.717) is 11.3 Å². The number of alkyl halides is 3. The van der Waals surface area contributed by atoms with Gasteiger partial charge in [-0.1, -0.05) is 12.1 Å². The molecule has 1 aromatic heterocycles. The van der Waals surface area contributed by atoms with Crippen molar-refractivity contribution in [1.29, 1.82) is 0 Å². The zero-order valence-electron chi connectivity index (χ0n) is 10.3. The van der Waals surface area contributed by atoms with Crippen molar-refractivity contribution in [2.75, 3.05) is 12.8 Å². The molecular weight excluding hydrogens is 275 g/mol. The van der Waals surface area contributed by atoms with E-state index in [1.54, 1.807) is 6.07 Å². The van der Waals surface area contributed by atoms with Crippen molar-refractivity contribution in [3.8, 4) is 22.9 Å². The van der Waals surface area contributed by atoms with Crippen LogP contribution in [0.3, 0.4) is 0 Å². The predicted molar refractivity (Wildman–Crippen MR) is 65.1 cm³/mol. The van der Waals surface area contributed by atoms with Crippen LogP contribution in [0.15, 0.2) is 30.3 Å². The molecular formula is C12H10F3N3O2. The summed E-state index contributed by atoms with van der Waals surface area (Å²) < 4.78 is 45.3. The van der Waals surface area contributed by atoms with E-state index in [1.807, 2.05) is 0 Å². The van der Waals surface area contributed by atoms with Crippen molar-refractivity contribution in [2.45, 2.75) is 6.36 Å². The van der Waals surface area contributed by atoms with Gasteiger partial charge in [-0.3, -0.25) is 0 Å². The maximum Gasteiger partial charge on any atom is 0.573 e. The fourth-order valence-corrected chi connectivity index (χ4v) is 1.55. The minimum absolute atomic E-state index is 0.0403. The third kappa shape index (κ3) is 3.50. The van der Waals surface area contributed by atoms with Crippen molar-refractivity contribution in [3.05, 3.63) is 30.3 Å². The molecule has 0 aliphatic rings. The van der Waals surface area contributed by atoms with E-state index < -0.39 is 6.36 Å². The Hall–Kier alpha value is -2.51. The molecule has 0 saturated carbocycles. The number of benzene rings is 1. The number of nitrogens with zero attached hydrogens (tertiary/aromatic N) is 2. The number of halogens is 3. The van der Waals surface area contributed by atoms with Gasteiger partial charge in [0.25, 0.3) is 0 Å². The van der Waals surface area contributed by atoms with Gasteiger partial charge in [-0.25, -0.2) is 4.98 Å². The predicted octanol–water partition coefficient (Wildman–Crippen LogP) is 2.63.